The first-order valence-electron chi connectivity index (χ1n) is 7.80. The quantitative estimate of drug-likeness (QED) is 0.448. The van der Waals surface area contributed by atoms with E-state index >= 15 is 0 Å². The summed E-state index contributed by atoms with van der Waals surface area (Å²) < 4.78 is 16.3. The molecule has 0 spiro atoms. The number of thioether (sulfide) groups is 1. The fourth-order valence-electron chi connectivity index (χ4n) is 2.09. The largest absolute Gasteiger partial charge is 0.497 e. The molecule has 3 rings (SSSR count). The number of nitrogens with zero attached hydrogens (tertiary/aromatic N) is 2. The van der Waals surface area contributed by atoms with E-state index in [4.69, 9.17) is 13.9 Å². The lowest BCUT2D eigenvalue weighted by Gasteiger charge is -2.03. The Kier molecular flexibility index (Phi) is 6.13. The number of nitrogens with one attached hydrogen (secondary N) is 1. The number of anilines is 2. The van der Waals surface area contributed by atoms with Gasteiger partial charge in [0.2, 0.25) is 5.13 Å². The maximum Gasteiger partial charge on any atom is 0.341 e. The zero-order chi connectivity index (χ0) is 18.4. The molecule has 26 heavy (non-hydrogen) atoms. The van der Waals surface area contributed by atoms with Gasteiger partial charge in [-0.1, -0.05) is 23.1 Å². The van der Waals surface area contributed by atoms with Crippen LogP contribution in [0.25, 0.3) is 0 Å². The number of furan rings is 1. The van der Waals surface area contributed by atoms with Crippen LogP contribution in [0.4, 0.5) is 10.8 Å². The van der Waals surface area contributed by atoms with Gasteiger partial charge < -0.3 is 19.2 Å². The van der Waals surface area contributed by atoms with Gasteiger partial charge in [-0.3, -0.25) is 0 Å². The molecule has 2 aromatic heterocycles. The van der Waals surface area contributed by atoms with Gasteiger partial charge in [-0.05, 0) is 37.3 Å². The SMILES string of the molecule is CCOC(=O)c1ccoc1CSc1nnc(Nc2ccc(OC)cc2)s1. The van der Waals surface area contributed by atoms with E-state index in [0.29, 0.717) is 28.8 Å². The number of esters is 1. The van der Waals surface area contributed by atoms with Crippen molar-refractivity contribution in [2.75, 3.05) is 19.0 Å². The molecule has 0 fully saturated rings. The van der Waals surface area contributed by atoms with Crippen molar-refractivity contribution in [3.63, 3.8) is 0 Å². The van der Waals surface area contributed by atoms with E-state index in [0.717, 1.165) is 15.8 Å². The van der Waals surface area contributed by atoms with E-state index in [9.17, 15) is 4.79 Å². The van der Waals surface area contributed by atoms with Crippen LogP contribution in [0.2, 0.25) is 0 Å². The summed E-state index contributed by atoms with van der Waals surface area (Å²) >= 11 is 2.87. The van der Waals surface area contributed by atoms with E-state index in [-0.39, 0.29) is 5.97 Å². The van der Waals surface area contributed by atoms with E-state index < -0.39 is 0 Å². The van der Waals surface area contributed by atoms with E-state index in [1.165, 1.54) is 29.4 Å². The number of methoxy groups -OCH3 is 1. The maximum atomic E-state index is 11.9. The van der Waals surface area contributed by atoms with Crippen molar-refractivity contribution >= 4 is 39.9 Å². The number of benzene rings is 1. The summed E-state index contributed by atoms with van der Waals surface area (Å²) in [6.07, 6.45) is 1.49. The number of carbonyl (C=O) groups is 1. The van der Waals surface area contributed by atoms with Crippen molar-refractivity contribution in [2.45, 2.75) is 17.0 Å². The zero-order valence-electron chi connectivity index (χ0n) is 14.2. The van der Waals surface area contributed by atoms with Gasteiger partial charge in [0.1, 0.15) is 17.1 Å². The zero-order valence-corrected chi connectivity index (χ0v) is 15.9. The first-order valence-corrected chi connectivity index (χ1v) is 9.60. The highest BCUT2D eigenvalue weighted by molar-refractivity contribution is 8.00. The van der Waals surface area contributed by atoms with Crippen molar-refractivity contribution < 1.29 is 18.7 Å². The summed E-state index contributed by atoms with van der Waals surface area (Å²) in [6.45, 7) is 2.10. The lowest BCUT2D eigenvalue weighted by molar-refractivity contribution is 0.0524. The third-order valence-electron chi connectivity index (χ3n) is 3.32. The average Bonchev–Trinajstić information content (AvgIpc) is 3.30. The Morgan fingerprint density at radius 1 is 1.27 bits per heavy atom. The minimum atomic E-state index is -0.379. The Balaban J connectivity index is 1.59. The Bertz CT molecular complexity index is 861. The van der Waals surface area contributed by atoms with Crippen LogP contribution in [0.1, 0.15) is 23.0 Å². The molecular weight excluding hydrogens is 374 g/mol. The van der Waals surface area contributed by atoms with Crippen LogP contribution in [-0.4, -0.2) is 29.9 Å². The summed E-state index contributed by atoms with van der Waals surface area (Å²) in [7, 11) is 1.63. The van der Waals surface area contributed by atoms with Gasteiger partial charge in [0, 0.05) is 5.69 Å². The molecule has 136 valence electrons. The molecule has 1 N–H and O–H groups in total. The second-order valence-corrected chi connectivity index (χ2v) is 7.19. The van der Waals surface area contributed by atoms with E-state index in [1.54, 1.807) is 20.1 Å². The van der Waals surface area contributed by atoms with Crippen molar-refractivity contribution in [1.82, 2.24) is 10.2 Å². The van der Waals surface area contributed by atoms with Crippen LogP contribution >= 0.6 is 23.1 Å². The fourth-order valence-corrected chi connectivity index (χ4v) is 3.81. The Morgan fingerprint density at radius 2 is 2.08 bits per heavy atom. The highest BCUT2D eigenvalue weighted by Crippen LogP contribution is 2.31. The van der Waals surface area contributed by atoms with Crippen molar-refractivity contribution in [2.24, 2.45) is 0 Å². The summed E-state index contributed by atoms with van der Waals surface area (Å²) in [5, 5.41) is 12.1. The lowest BCUT2D eigenvalue weighted by Crippen LogP contribution is -2.05. The molecule has 0 aliphatic carbocycles. The van der Waals surface area contributed by atoms with Crippen molar-refractivity contribution in [1.29, 1.82) is 0 Å². The second kappa shape index (κ2) is 8.72. The number of aromatic nitrogens is 2. The number of hydrogen-bond acceptors (Lipinski definition) is 9. The normalized spacial score (nSPS) is 10.5. The molecule has 9 heteroatoms. The molecule has 0 saturated carbocycles. The fraction of sp³-hybridized carbons (Fsp3) is 0.235. The molecule has 0 aliphatic rings. The molecule has 0 unspecified atom stereocenters. The van der Waals surface area contributed by atoms with E-state index in [1.807, 2.05) is 24.3 Å². The summed E-state index contributed by atoms with van der Waals surface area (Å²) in [6, 6.07) is 9.16. The first kappa shape index (κ1) is 18.3. The van der Waals surface area contributed by atoms with Gasteiger partial charge in [0.25, 0.3) is 0 Å². The van der Waals surface area contributed by atoms with Gasteiger partial charge in [0.05, 0.1) is 25.7 Å². The molecule has 0 saturated heterocycles. The number of hydrogen-bond donors (Lipinski definition) is 1. The molecule has 0 aliphatic heterocycles. The third kappa shape index (κ3) is 4.55. The molecule has 3 aromatic rings. The predicted molar refractivity (Wildman–Crippen MR) is 100 cm³/mol. The van der Waals surface area contributed by atoms with Crippen LogP contribution in [0, 0.1) is 0 Å². The number of ether oxygens (including phenoxy) is 2. The van der Waals surface area contributed by atoms with Gasteiger partial charge >= 0.3 is 5.97 Å². The average molecular weight is 391 g/mol. The van der Waals surface area contributed by atoms with Crippen molar-refractivity contribution in [3.8, 4) is 5.75 Å². The van der Waals surface area contributed by atoms with Crippen LogP contribution < -0.4 is 10.1 Å². The van der Waals surface area contributed by atoms with Gasteiger partial charge in [-0.25, -0.2) is 4.79 Å². The minimum Gasteiger partial charge on any atom is -0.497 e. The summed E-state index contributed by atoms with van der Waals surface area (Å²) in [5.74, 6) is 1.45. The molecule has 0 bridgehead atoms. The number of carbonyl (C=O) groups excluding carboxylic acids is 1. The smallest absolute Gasteiger partial charge is 0.341 e. The maximum absolute atomic E-state index is 11.9. The Hall–Kier alpha value is -2.52. The van der Waals surface area contributed by atoms with Gasteiger partial charge in [-0.2, -0.15) is 0 Å². The number of rotatable bonds is 8. The van der Waals surface area contributed by atoms with E-state index in [2.05, 4.69) is 15.5 Å². The standard InChI is InChI=1S/C17H17N3O4S2/c1-3-23-15(21)13-8-9-24-14(13)10-25-17-20-19-16(26-17)18-11-4-6-12(22-2)7-5-11/h4-9H,3,10H2,1-2H3,(H,18,19). The van der Waals surface area contributed by atoms with Crippen LogP contribution in [0.3, 0.4) is 0 Å². The predicted octanol–water partition coefficient (Wildman–Crippen LogP) is 4.35. The Morgan fingerprint density at radius 3 is 2.81 bits per heavy atom. The molecule has 0 radical (unpaired) electrons. The first-order chi connectivity index (χ1) is 12.7. The Labute approximate surface area is 158 Å². The monoisotopic (exact) mass is 391 g/mol. The van der Waals surface area contributed by atoms with Crippen LogP contribution in [0.5, 0.6) is 5.75 Å². The molecule has 7 nitrogen and oxygen atoms in total. The van der Waals surface area contributed by atoms with Crippen molar-refractivity contribution in [3.05, 3.63) is 47.9 Å². The molecule has 2 heterocycles. The minimum absolute atomic E-state index is 0.327. The van der Waals surface area contributed by atoms with Crippen LogP contribution in [0.15, 0.2) is 45.4 Å². The topological polar surface area (TPSA) is 86.5 Å². The third-order valence-corrected chi connectivity index (χ3v) is 5.29. The molecule has 0 amide bonds. The highest BCUT2D eigenvalue weighted by atomic mass is 32.2. The van der Waals surface area contributed by atoms with Crippen LogP contribution in [-0.2, 0) is 10.5 Å². The van der Waals surface area contributed by atoms with Gasteiger partial charge in [-0.15, -0.1) is 10.2 Å². The second-order valence-electron chi connectivity index (χ2n) is 4.99. The van der Waals surface area contributed by atoms with Gasteiger partial charge in [0.15, 0.2) is 4.34 Å². The summed E-state index contributed by atoms with van der Waals surface area (Å²) in [4.78, 5) is 11.9. The highest BCUT2D eigenvalue weighted by Gasteiger charge is 2.16. The molecule has 1 aromatic carbocycles. The molecule has 0 atom stereocenters. The molecular formula is C17H17N3O4S2. The summed E-state index contributed by atoms with van der Waals surface area (Å²) in [5.41, 5.74) is 1.34. The lowest BCUT2D eigenvalue weighted by atomic mass is 10.3.